The molecule has 0 saturated heterocycles. The van der Waals surface area contributed by atoms with Crippen molar-refractivity contribution < 1.29 is 4.79 Å². The van der Waals surface area contributed by atoms with Gasteiger partial charge in [-0.3, -0.25) is 9.48 Å². The molecule has 1 aromatic rings. The third kappa shape index (κ3) is 2.08. The van der Waals surface area contributed by atoms with Crippen LogP contribution in [0, 0.1) is 6.92 Å². The summed E-state index contributed by atoms with van der Waals surface area (Å²) in [5.41, 5.74) is 8.34. The predicted molar refractivity (Wildman–Crippen MR) is 71.4 cm³/mol. The number of aromatic nitrogens is 2. The highest BCUT2D eigenvalue weighted by Crippen LogP contribution is 2.27. The minimum atomic E-state index is -0.469. The minimum Gasteiger partial charge on any atom is -0.366 e. The van der Waals surface area contributed by atoms with Crippen LogP contribution in [0.5, 0.6) is 0 Å². The van der Waals surface area contributed by atoms with Crippen molar-refractivity contribution in [3.8, 4) is 0 Å². The maximum atomic E-state index is 11.6. The molecule has 0 bridgehead atoms. The number of amides is 1. The third-order valence-electron chi connectivity index (χ3n) is 2.90. The molecule has 0 aliphatic carbocycles. The van der Waals surface area contributed by atoms with Crippen LogP contribution >= 0.6 is 12.2 Å². The maximum absolute atomic E-state index is 11.6. The Labute approximate surface area is 110 Å². The Hall–Kier alpha value is -1.89. The van der Waals surface area contributed by atoms with Gasteiger partial charge in [-0.2, -0.15) is 5.10 Å². The molecule has 1 aliphatic rings. The van der Waals surface area contributed by atoms with E-state index in [0.29, 0.717) is 16.4 Å². The molecule has 7 heteroatoms. The zero-order valence-corrected chi connectivity index (χ0v) is 11.3. The molecule has 0 radical (unpaired) electrons. The van der Waals surface area contributed by atoms with Gasteiger partial charge < -0.3 is 16.4 Å². The fourth-order valence-electron chi connectivity index (χ4n) is 2.16. The van der Waals surface area contributed by atoms with Gasteiger partial charge in [0.15, 0.2) is 5.11 Å². The Morgan fingerprint density at radius 2 is 2.22 bits per heavy atom. The average Bonchev–Trinajstić information content (AvgIpc) is 2.55. The first-order valence-corrected chi connectivity index (χ1v) is 5.89. The zero-order chi connectivity index (χ0) is 13.4. The Morgan fingerprint density at radius 3 is 2.72 bits per heavy atom. The van der Waals surface area contributed by atoms with Gasteiger partial charge in [0, 0.05) is 24.5 Å². The molecule has 0 unspecified atom stereocenters. The van der Waals surface area contributed by atoms with E-state index in [-0.39, 0.29) is 6.04 Å². The third-order valence-corrected chi connectivity index (χ3v) is 3.12. The summed E-state index contributed by atoms with van der Waals surface area (Å²) in [6.45, 7) is 3.67. The number of allylic oxidation sites excluding steroid dienone is 1. The summed E-state index contributed by atoms with van der Waals surface area (Å²) in [5.74, 6) is -0.469. The number of nitrogens with one attached hydrogen (secondary N) is 2. The number of nitrogens with zero attached hydrogens (tertiary/aromatic N) is 2. The number of hydrogen-bond donors (Lipinski definition) is 3. The Morgan fingerprint density at radius 1 is 1.56 bits per heavy atom. The summed E-state index contributed by atoms with van der Waals surface area (Å²) in [6, 6.07) is -0.343. The van der Waals surface area contributed by atoms with Gasteiger partial charge in [-0.25, -0.2) is 0 Å². The first kappa shape index (κ1) is 12.6. The van der Waals surface area contributed by atoms with E-state index in [1.54, 1.807) is 11.6 Å². The van der Waals surface area contributed by atoms with Gasteiger partial charge in [0.05, 0.1) is 17.3 Å². The predicted octanol–water partition coefficient (Wildman–Crippen LogP) is 0.00662. The van der Waals surface area contributed by atoms with Gasteiger partial charge in [0.2, 0.25) is 5.91 Å². The molecule has 0 saturated carbocycles. The monoisotopic (exact) mass is 265 g/mol. The molecule has 96 valence electrons. The second kappa shape index (κ2) is 4.41. The van der Waals surface area contributed by atoms with Crippen LogP contribution in [0.25, 0.3) is 0 Å². The minimum absolute atomic E-state index is 0.343. The van der Waals surface area contributed by atoms with E-state index in [1.807, 2.05) is 20.2 Å². The Bertz CT molecular complexity index is 560. The van der Waals surface area contributed by atoms with Crippen molar-refractivity contribution in [1.82, 2.24) is 20.4 Å². The van der Waals surface area contributed by atoms with Crippen LogP contribution in [0.1, 0.15) is 24.2 Å². The molecule has 1 aromatic heterocycles. The fraction of sp³-hybridized carbons (Fsp3) is 0.364. The standard InChI is InChI=1S/C11H15N5OS/c1-5-7(4-16(3)15-5)9-8(10(12)17)6(2)13-11(18)14-9/h4,9H,1-3H3,(H2,12,17)(H2,13,14,18)/t9-/m0/s1. The highest BCUT2D eigenvalue weighted by molar-refractivity contribution is 7.80. The van der Waals surface area contributed by atoms with Gasteiger partial charge in [0.1, 0.15) is 0 Å². The SMILES string of the molecule is CC1=C(C(N)=O)[C@H](c2cn(C)nc2C)NC(=S)N1. The summed E-state index contributed by atoms with van der Waals surface area (Å²) in [7, 11) is 1.83. The van der Waals surface area contributed by atoms with Crippen LogP contribution in [0.15, 0.2) is 17.5 Å². The molecule has 1 aliphatic heterocycles. The molecule has 18 heavy (non-hydrogen) atoms. The van der Waals surface area contributed by atoms with E-state index in [1.165, 1.54) is 0 Å². The molecule has 1 amide bonds. The number of carbonyl (C=O) groups excluding carboxylic acids is 1. The number of carbonyl (C=O) groups is 1. The fourth-order valence-corrected chi connectivity index (χ4v) is 2.43. The highest BCUT2D eigenvalue weighted by Gasteiger charge is 2.30. The zero-order valence-electron chi connectivity index (χ0n) is 10.4. The molecule has 1 atom stereocenters. The van der Waals surface area contributed by atoms with Gasteiger partial charge in [-0.15, -0.1) is 0 Å². The van der Waals surface area contributed by atoms with E-state index in [2.05, 4.69) is 15.7 Å². The van der Waals surface area contributed by atoms with E-state index < -0.39 is 5.91 Å². The quantitative estimate of drug-likeness (QED) is 0.656. The lowest BCUT2D eigenvalue weighted by atomic mass is 9.96. The number of thiocarbonyl (C=S) groups is 1. The van der Waals surface area contributed by atoms with Crippen molar-refractivity contribution >= 4 is 23.2 Å². The second-order valence-electron chi connectivity index (χ2n) is 4.28. The largest absolute Gasteiger partial charge is 0.366 e. The molecular weight excluding hydrogens is 250 g/mol. The smallest absolute Gasteiger partial charge is 0.248 e. The molecule has 4 N–H and O–H groups in total. The van der Waals surface area contributed by atoms with Crippen molar-refractivity contribution in [2.75, 3.05) is 0 Å². The van der Waals surface area contributed by atoms with Crippen molar-refractivity contribution in [3.63, 3.8) is 0 Å². The molecule has 0 fully saturated rings. The average molecular weight is 265 g/mol. The summed E-state index contributed by atoms with van der Waals surface area (Å²) in [6.07, 6.45) is 1.86. The second-order valence-corrected chi connectivity index (χ2v) is 4.69. The molecule has 6 nitrogen and oxygen atoms in total. The number of rotatable bonds is 2. The molecular formula is C11H15N5OS. The lowest BCUT2D eigenvalue weighted by Crippen LogP contribution is -2.46. The summed E-state index contributed by atoms with van der Waals surface area (Å²) in [5, 5.41) is 10.7. The maximum Gasteiger partial charge on any atom is 0.248 e. The lowest BCUT2D eigenvalue weighted by Gasteiger charge is -2.28. The van der Waals surface area contributed by atoms with Gasteiger partial charge in [-0.05, 0) is 26.1 Å². The van der Waals surface area contributed by atoms with Crippen LogP contribution in [-0.4, -0.2) is 20.8 Å². The van der Waals surface area contributed by atoms with Crippen LogP contribution < -0.4 is 16.4 Å². The van der Waals surface area contributed by atoms with Crippen LogP contribution in [0.3, 0.4) is 0 Å². The van der Waals surface area contributed by atoms with Gasteiger partial charge in [-0.1, -0.05) is 0 Å². The Kier molecular flexibility index (Phi) is 3.08. The molecule has 0 aromatic carbocycles. The highest BCUT2D eigenvalue weighted by atomic mass is 32.1. The molecule has 2 rings (SSSR count). The molecule has 2 heterocycles. The van der Waals surface area contributed by atoms with Crippen LogP contribution in [-0.2, 0) is 11.8 Å². The van der Waals surface area contributed by atoms with Crippen molar-refractivity contribution in [2.24, 2.45) is 12.8 Å². The van der Waals surface area contributed by atoms with E-state index >= 15 is 0 Å². The molecule has 0 spiro atoms. The number of nitrogens with two attached hydrogens (primary N) is 1. The van der Waals surface area contributed by atoms with Crippen molar-refractivity contribution in [2.45, 2.75) is 19.9 Å². The first-order chi connectivity index (χ1) is 8.40. The lowest BCUT2D eigenvalue weighted by molar-refractivity contribution is -0.115. The summed E-state index contributed by atoms with van der Waals surface area (Å²) < 4.78 is 1.70. The van der Waals surface area contributed by atoms with Crippen molar-refractivity contribution in [3.05, 3.63) is 28.7 Å². The summed E-state index contributed by atoms with van der Waals surface area (Å²) >= 11 is 5.11. The number of aryl methyl sites for hydroxylation is 2. The topological polar surface area (TPSA) is 85.0 Å². The van der Waals surface area contributed by atoms with Gasteiger partial charge >= 0.3 is 0 Å². The van der Waals surface area contributed by atoms with E-state index in [4.69, 9.17) is 18.0 Å². The van der Waals surface area contributed by atoms with E-state index in [0.717, 1.165) is 11.3 Å². The van der Waals surface area contributed by atoms with Crippen LogP contribution in [0.2, 0.25) is 0 Å². The van der Waals surface area contributed by atoms with Gasteiger partial charge in [0.25, 0.3) is 0 Å². The normalized spacial score (nSPS) is 19.5. The van der Waals surface area contributed by atoms with E-state index in [9.17, 15) is 4.79 Å². The Balaban J connectivity index is 2.53. The first-order valence-electron chi connectivity index (χ1n) is 5.48. The van der Waals surface area contributed by atoms with Crippen molar-refractivity contribution in [1.29, 1.82) is 0 Å². The van der Waals surface area contributed by atoms with Crippen LogP contribution in [0.4, 0.5) is 0 Å². The number of primary amides is 1. The number of hydrogen-bond acceptors (Lipinski definition) is 3. The summed E-state index contributed by atoms with van der Waals surface area (Å²) in [4.78, 5) is 11.6.